The smallest absolute Gasteiger partial charge is 0.355 e. The van der Waals surface area contributed by atoms with Crippen LogP contribution in [-0.2, 0) is 36.9 Å². The van der Waals surface area contributed by atoms with Crippen molar-refractivity contribution in [2.75, 3.05) is 7.11 Å². The molecule has 2 aliphatic heterocycles. The summed E-state index contributed by atoms with van der Waals surface area (Å²) in [5.74, 6) is -1.16. The van der Waals surface area contributed by atoms with Crippen LogP contribution in [0.15, 0.2) is 71.9 Å². The van der Waals surface area contributed by atoms with Gasteiger partial charge in [-0.2, -0.15) is 0 Å². The van der Waals surface area contributed by atoms with Gasteiger partial charge >= 0.3 is 5.97 Å². The number of esters is 1. The molecule has 0 aliphatic carbocycles. The zero-order chi connectivity index (χ0) is 22.7. The van der Waals surface area contributed by atoms with Gasteiger partial charge < -0.3 is 14.8 Å². The molecule has 7 nitrogen and oxygen atoms in total. The summed E-state index contributed by atoms with van der Waals surface area (Å²) < 4.78 is 11.0. The summed E-state index contributed by atoms with van der Waals surface area (Å²) in [7, 11) is 1.55. The topological polar surface area (TPSA) is 84.9 Å². The fourth-order valence-electron chi connectivity index (χ4n) is 3.79. The van der Waals surface area contributed by atoms with E-state index in [9.17, 15) is 14.4 Å². The molecule has 2 aliphatic rings. The van der Waals surface area contributed by atoms with Gasteiger partial charge in [0.15, 0.2) is 0 Å². The van der Waals surface area contributed by atoms with E-state index in [2.05, 4.69) is 5.32 Å². The first kappa shape index (κ1) is 22.1. The molecule has 8 heteroatoms. The van der Waals surface area contributed by atoms with Crippen molar-refractivity contribution in [1.82, 2.24) is 10.2 Å². The molecule has 2 aromatic carbocycles. The van der Waals surface area contributed by atoms with Gasteiger partial charge in [-0.15, -0.1) is 0 Å². The number of thioether (sulfide) groups is 1. The molecule has 0 saturated carbocycles. The van der Waals surface area contributed by atoms with Crippen LogP contribution in [0.2, 0.25) is 0 Å². The number of rotatable bonds is 7. The summed E-state index contributed by atoms with van der Waals surface area (Å²) in [6, 6.07) is 17.9. The highest BCUT2D eigenvalue weighted by atomic mass is 32.2. The molecule has 166 valence electrons. The number of nitrogens with one attached hydrogen (secondary N) is 1. The molecule has 0 unspecified atom stereocenters. The van der Waals surface area contributed by atoms with Gasteiger partial charge in [-0.3, -0.25) is 14.5 Å². The summed E-state index contributed by atoms with van der Waals surface area (Å²) in [4.78, 5) is 39.8. The average Bonchev–Trinajstić information content (AvgIpc) is 2.82. The van der Waals surface area contributed by atoms with Crippen LogP contribution in [0.25, 0.3) is 0 Å². The maximum Gasteiger partial charge on any atom is 0.355 e. The van der Waals surface area contributed by atoms with E-state index in [0.717, 1.165) is 11.1 Å². The zero-order valence-corrected chi connectivity index (χ0v) is 18.6. The minimum Gasteiger partial charge on any atom is -0.456 e. The Balaban J connectivity index is 1.46. The number of β-lactam (4-membered cyclic amide) rings is 1. The number of benzene rings is 2. The van der Waals surface area contributed by atoms with Gasteiger partial charge in [0.1, 0.15) is 29.2 Å². The van der Waals surface area contributed by atoms with Crippen LogP contribution < -0.4 is 5.32 Å². The van der Waals surface area contributed by atoms with Gasteiger partial charge in [0.25, 0.3) is 5.91 Å². The lowest BCUT2D eigenvalue weighted by atomic mass is 10.0. The van der Waals surface area contributed by atoms with Gasteiger partial charge in [0.2, 0.25) is 5.91 Å². The first-order chi connectivity index (χ1) is 15.5. The SMILES string of the molecule is CO[C@H]1S[C@H]2[C@@H](NC(=O)Cc3ccccc3)C(=O)N2C(C(=O)OCc2ccccc2)=C1C. The number of hydrogen-bond acceptors (Lipinski definition) is 6. The maximum atomic E-state index is 12.9. The lowest BCUT2D eigenvalue weighted by molar-refractivity contribution is -0.153. The van der Waals surface area contributed by atoms with Crippen LogP contribution >= 0.6 is 11.8 Å². The summed E-state index contributed by atoms with van der Waals surface area (Å²) in [6.45, 7) is 1.86. The molecule has 0 radical (unpaired) electrons. The molecule has 0 bridgehead atoms. The predicted octanol–water partition coefficient (Wildman–Crippen LogP) is 2.62. The Bertz CT molecular complexity index is 1040. The van der Waals surface area contributed by atoms with E-state index < -0.39 is 22.8 Å². The third-order valence-electron chi connectivity index (χ3n) is 5.42. The monoisotopic (exact) mass is 452 g/mol. The Labute approximate surface area is 190 Å². The van der Waals surface area contributed by atoms with Crippen molar-refractivity contribution in [3.05, 3.63) is 83.1 Å². The minimum atomic E-state index is -0.723. The molecule has 3 atom stereocenters. The van der Waals surface area contributed by atoms with Gasteiger partial charge in [0.05, 0.1) is 6.42 Å². The number of carbonyl (C=O) groups is 3. The zero-order valence-electron chi connectivity index (χ0n) is 17.8. The third-order valence-corrected chi connectivity index (χ3v) is 6.97. The van der Waals surface area contributed by atoms with E-state index in [0.29, 0.717) is 5.57 Å². The molecule has 1 saturated heterocycles. The standard InChI is InChI=1S/C24H24N2O5S/c1-15-20(23(29)31-14-17-11-7-4-8-12-17)26-21(28)19(22(26)32-24(15)30-2)25-18(27)13-16-9-5-3-6-10-16/h3-12,19,22,24H,13-14H2,1-2H3,(H,25,27)/t19-,22-,24-/m0/s1. The lowest BCUT2D eigenvalue weighted by Crippen LogP contribution is -2.71. The second-order valence-corrected chi connectivity index (χ2v) is 8.79. The number of hydrogen-bond donors (Lipinski definition) is 1. The van der Waals surface area contributed by atoms with Crippen molar-refractivity contribution in [3.8, 4) is 0 Å². The number of ether oxygens (including phenoxy) is 2. The number of amides is 2. The Morgan fingerprint density at radius 1 is 1.03 bits per heavy atom. The molecule has 32 heavy (non-hydrogen) atoms. The highest BCUT2D eigenvalue weighted by molar-refractivity contribution is 8.00. The predicted molar refractivity (Wildman–Crippen MR) is 120 cm³/mol. The maximum absolute atomic E-state index is 12.9. The Morgan fingerprint density at radius 3 is 2.28 bits per heavy atom. The Morgan fingerprint density at radius 2 is 1.66 bits per heavy atom. The Hall–Kier alpha value is -3.10. The van der Waals surface area contributed by atoms with Crippen molar-refractivity contribution in [2.24, 2.45) is 0 Å². The molecule has 4 rings (SSSR count). The Kier molecular flexibility index (Phi) is 6.62. The molecule has 2 aromatic rings. The molecular weight excluding hydrogens is 428 g/mol. The molecule has 1 N–H and O–H groups in total. The van der Waals surface area contributed by atoms with Crippen molar-refractivity contribution < 1.29 is 23.9 Å². The van der Waals surface area contributed by atoms with E-state index in [1.165, 1.54) is 16.7 Å². The van der Waals surface area contributed by atoms with E-state index in [1.54, 1.807) is 14.0 Å². The fourth-order valence-corrected chi connectivity index (χ4v) is 5.15. The summed E-state index contributed by atoms with van der Waals surface area (Å²) in [6.07, 6.45) is 0.177. The van der Waals surface area contributed by atoms with Crippen molar-refractivity contribution in [3.63, 3.8) is 0 Å². The third kappa shape index (κ3) is 4.42. The van der Waals surface area contributed by atoms with Gasteiger partial charge in [-0.25, -0.2) is 4.79 Å². The normalized spacial score (nSPS) is 22.1. The largest absolute Gasteiger partial charge is 0.456 e. The van der Waals surface area contributed by atoms with Gasteiger partial charge in [-0.05, 0) is 23.6 Å². The molecule has 1 fully saturated rings. The second kappa shape index (κ2) is 9.58. The lowest BCUT2D eigenvalue weighted by Gasteiger charge is -2.51. The minimum absolute atomic E-state index is 0.102. The highest BCUT2D eigenvalue weighted by Crippen LogP contribution is 2.44. The van der Waals surface area contributed by atoms with Gasteiger partial charge in [0, 0.05) is 7.11 Å². The quantitative estimate of drug-likeness (QED) is 0.514. The molecule has 2 heterocycles. The molecular formula is C24H24N2O5S. The van der Waals surface area contributed by atoms with Crippen LogP contribution in [0.3, 0.4) is 0 Å². The van der Waals surface area contributed by atoms with E-state index in [4.69, 9.17) is 9.47 Å². The van der Waals surface area contributed by atoms with Crippen molar-refractivity contribution in [1.29, 1.82) is 0 Å². The fraction of sp³-hybridized carbons (Fsp3) is 0.292. The molecule has 0 aromatic heterocycles. The van der Waals surface area contributed by atoms with Crippen molar-refractivity contribution in [2.45, 2.75) is 36.8 Å². The molecule has 0 spiro atoms. The number of nitrogens with zero attached hydrogens (tertiary/aromatic N) is 1. The van der Waals surface area contributed by atoms with Crippen LogP contribution in [0, 0.1) is 0 Å². The van der Waals surface area contributed by atoms with E-state index in [1.807, 2.05) is 60.7 Å². The number of fused-ring (bicyclic) bond motifs is 1. The summed E-state index contributed by atoms with van der Waals surface area (Å²) in [5.41, 5.74) is 2.10. The van der Waals surface area contributed by atoms with Crippen LogP contribution in [0.4, 0.5) is 0 Å². The summed E-state index contributed by atoms with van der Waals surface area (Å²) in [5, 5.41) is 2.37. The van der Waals surface area contributed by atoms with Crippen molar-refractivity contribution >= 4 is 29.5 Å². The number of methoxy groups -OCH3 is 1. The summed E-state index contributed by atoms with van der Waals surface area (Å²) >= 11 is 1.39. The highest BCUT2D eigenvalue weighted by Gasteiger charge is 2.56. The van der Waals surface area contributed by atoms with E-state index >= 15 is 0 Å². The second-order valence-electron chi connectivity index (χ2n) is 7.60. The molecule has 2 amide bonds. The first-order valence-corrected chi connectivity index (χ1v) is 11.2. The van der Waals surface area contributed by atoms with Gasteiger partial charge in [-0.1, -0.05) is 72.4 Å². The van der Waals surface area contributed by atoms with Crippen LogP contribution in [-0.4, -0.2) is 46.6 Å². The average molecular weight is 453 g/mol. The van der Waals surface area contributed by atoms with Crippen LogP contribution in [0.1, 0.15) is 18.1 Å². The number of carbonyl (C=O) groups excluding carboxylic acids is 3. The first-order valence-electron chi connectivity index (χ1n) is 10.3. The van der Waals surface area contributed by atoms with Crippen LogP contribution in [0.5, 0.6) is 0 Å². The van der Waals surface area contributed by atoms with E-state index in [-0.39, 0.29) is 30.5 Å².